The molecule has 1 aromatic heterocycles. The number of rotatable bonds is 9. The summed E-state index contributed by atoms with van der Waals surface area (Å²) in [5.41, 5.74) is 3.06. The number of hydrogen-bond acceptors (Lipinski definition) is 4. The summed E-state index contributed by atoms with van der Waals surface area (Å²) in [5.74, 6) is -0.0638. The summed E-state index contributed by atoms with van der Waals surface area (Å²) in [6, 6.07) is 15.5. The summed E-state index contributed by atoms with van der Waals surface area (Å²) in [6.07, 6.45) is 2.63. The number of nitrogens with one attached hydrogen (secondary N) is 2. The number of nitrogens with zero attached hydrogens (tertiary/aromatic N) is 2. The van der Waals surface area contributed by atoms with Crippen molar-refractivity contribution in [1.82, 2.24) is 15.2 Å². The molecule has 4 rings (SSSR count). The van der Waals surface area contributed by atoms with E-state index in [1.807, 2.05) is 42.5 Å². The molecule has 2 N–H and O–H groups in total. The molecular weight excluding hydrogens is 460 g/mol. The summed E-state index contributed by atoms with van der Waals surface area (Å²) in [5, 5.41) is 4.65. The van der Waals surface area contributed by atoms with Crippen LogP contribution in [-0.2, 0) is 4.79 Å². The van der Waals surface area contributed by atoms with Crippen molar-refractivity contribution in [2.45, 2.75) is 33.1 Å². The van der Waals surface area contributed by atoms with Crippen LogP contribution in [0.5, 0.6) is 0 Å². The van der Waals surface area contributed by atoms with Crippen LogP contribution in [0.2, 0.25) is 5.02 Å². The molecule has 186 valence electrons. The number of aromatic nitrogens is 1. The van der Waals surface area contributed by atoms with Gasteiger partial charge in [0.05, 0.1) is 5.92 Å². The van der Waals surface area contributed by atoms with Crippen molar-refractivity contribution in [3.05, 3.63) is 63.9 Å². The minimum absolute atomic E-state index is 0.0794. The Hall–Kier alpha value is -2.83. The number of carbonyl (C=O) groups excluding carboxylic acids is 1. The van der Waals surface area contributed by atoms with Crippen LogP contribution < -0.4 is 15.8 Å². The molecular formula is C28H35ClN4O2. The third-order valence-corrected chi connectivity index (χ3v) is 7.20. The number of pyridine rings is 1. The van der Waals surface area contributed by atoms with Gasteiger partial charge in [-0.2, -0.15) is 0 Å². The molecule has 35 heavy (non-hydrogen) atoms. The molecule has 7 heteroatoms. The second-order valence-electron chi connectivity index (χ2n) is 9.19. The van der Waals surface area contributed by atoms with E-state index in [9.17, 15) is 9.59 Å². The number of hydrogen-bond donors (Lipinski definition) is 2. The van der Waals surface area contributed by atoms with Gasteiger partial charge in [0.2, 0.25) is 5.91 Å². The van der Waals surface area contributed by atoms with Crippen molar-refractivity contribution in [2.24, 2.45) is 5.92 Å². The number of fused-ring (bicyclic) bond motifs is 1. The van der Waals surface area contributed by atoms with E-state index in [4.69, 9.17) is 11.6 Å². The Balaban J connectivity index is 1.59. The Morgan fingerprint density at radius 1 is 1.17 bits per heavy atom. The number of H-pyrrole nitrogens is 1. The minimum atomic E-state index is -0.143. The lowest BCUT2D eigenvalue weighted by Gasteiger charge is -2.34. The van der Waals surface area contributed by atoms with Gasteiger partial charge in [0.25, 0.3) is 5.56 Å². The third-order valence-electron chi connectivity index (χ3n) is 6.97. The molecule has 0 bridgehead atoms. The van der Waals surface area contributed by atoms with Crippen LogP contribution >= 0.6 is 11.6 Å². The van der Waals surface area contributed by atoms with Gasteiger partial charge in [0.15, 0.2) is 0 Å². The fourth-order valence-corrected chi connectivity index (χ4v) is 5.22. The molecule has 0 aliphatic carbocycles. The molecule has 6 nitrogen and oxygen atoms in total. The van der Waals surface area contributed by atoms with Crippen molar-refractivity contribution < 1.29 is 4.79 Å². The van der Waals surface area contributed by atoms with E-state index in [1.54, 1.807) is 6.07 Å². The standard InChI is InChI=1S/C28H35ClN4O2/c1-3-32(4-2)16-9-15-30-27(34)21-12-8-17-33(19-21)26-25(20-10-6-5-7-11-20)23-18-22(29)13-14-24(23)31-28(26)35/h5-7,10-11,13-14,18,21H,3-4,8-9,12,15-17,19H2,1-2H3,(H,30,34)(H,31,35). The van der Waals surface area contributed by atoms with Crippen molar-refractivity contribution in [1.29, 1.82) is 0 Å². The molecule has 0 saturated carbocycles. The van der Waals surface area contributed by atoms with Crippen molar-refractivity contribution in [2.75, 3.05) is 44.2 Å². The molecule has 1 unspecified atom stereocenters. The highest BCUT2D eigenvalue weighted by Crippen LogP contribution is 2.37. The summed E-state index contributed by atoms with van der Waals surface area (Å²) < 4.78 is 0. The number of carbonyl (C=O) groups is 1. The topological polar surface area (TPSA) is 68.4 Å². The Kier molecular flexibility index (Phi) is 8.47. The van der Waals surface area contributed by atoms with Crippen LogP contribution in [0.4, 0.5) is 5.69 Å². The van der Waals surface area contributed by atoms with Gasteiger partial charge in [-0.15, -0.1) is 0 Å². The van der Waals surface area contributed by atoms with E-state index in [0.717, 1.165) is 67.5 Å². The van der Waals surface area contributed by atoms with Crippen LogP contribution in [-0.4, -0.2) is 55.1 Å². The Morgan fingerprint density at radius 3 is 2.69 bits per heavy atom. The third kappa shape index (κ3) is 5.88. The first-order chi connectivity index (χ1) is 17.0. The zero-order valence-corrected chi connectivity index (χ0v) is 21.4. The van der Waals surface area contributed by atoms with E-state index < -0.39 is 0 Å². The van der Waals surface area contributed by atoms with E-state index in [2.05, 4.69) is 33.9 Å². The summed E-state index contributed by atoms with van der Waals surface area (Å²) in [4.78, 5) is 33.9. The van der Waals surface area contributed by atoms with Crippen LogP contribution in [0.25, 0.3) is 22.0 Å². The van der Waals surface area contributed by atoms with Crippen LogP contribution in [0, 0.1) is 5.92 Å². The van der Waals surface area contributed by atoms with Crippen molar-refractivity contribution in [3.63, 3.8) is 0 Å². The van der Waals surface area contributed by atoms with Gasteiger partial charge in [-0.1, -0.05) is 55.8 Å². The zero-order valence-electron chi connectivity index (χ0n) is 20.6. The molecule has 1 amide bonds. The van der Waals surface area contributed by atoms with Gasteiger partial charge in [0.1, 0.15) is 5.69 Å². The largest absolute Gasteiger partial charge is 0.366 e. The molecule has 3 aromatic rings. The van der Waals surface area contributed by atoms with E-state index in [0.29, 0.717) is 23.8 Å². The van der Waals surface area contributed by atoms with Crippen LogP contribution in [0.1, 0.15) is 33.1 Å². The highest BCUT2D eigenvalue weighted by Gasteiger charge is 2.29. The molecule has 1 saturated heterocycles. The zero-order chi connectivity index (χ0) is 24.8. The smallest absolute Gasteiger partial charge is 0.272 e. The summed E-state index contributed by atoms with van der Waals surface area (Å²) in [6.45, 7) is 9.29. The highest BCUT2D eigenvalue weighted by atomic mass is 35.5. The predicted molar refractivity (Wildman–Crippen MR) is 145 cm³/mol. The second-order valence-corrected chi connectivity index (χ2v) is 9.63. The number of aromatic amines is 1. The number of anilines is 1. The maximum absolute atomic E-state index is 13.4. The van der Waals surface area contributed by atoms with Gasteiger partial charge >= 0.3 is 0 Å². The first-order valence-corrected chi connectivity index (χ1v) is 13.1. The number of halogens is 1. The maximum atomic E-state index is 13.4. The van der Waals surface area contributed by atoms with Gasteiger partial charge in [-0.05, 0) is 62.7 Å². The average Bonchev–Trinajstić information content (AvgIpc) is 2.88. The number of amides is 1. The molecule has 2 heterocycles. The normalized spacial score (nSPS) is 16.1. The molecule has 1 fully saturated rings. The molecule has 0 spiro atoms. The molecule has 0 radical (unpaired) electrons. The molecule has 2 aromatic carbocycles. The predicted octanol–water partition coefficient (Wildman–Crippen LogP) is 4.91. The van der Waals surface area contributed by atoms with E-state index in [1.165, 1.54) is 0 Å². The minimum Gasteiger partial charge on any atom is -0.366 e. The average molecular weight is 495 g/mol. The van der Waals surface area contributed by atoms with E-state index in [-0.39, 0.29) is 17.4 Å². The second kappa shape index (κ2) is 11.7. The highest BCUT2D eigenvalue weighted by molar-refractivity contribution is 6.31. The Morgan fingerprint density at radius 2 is 1.94 bits per heavy atom. The molecule has 1 atom stereocenters. The van der Waals surface area contributed by atoms with Crippen molar-refractivity contribution >= 4 is 34.1 Å². The monoisotopic (exact) mass is 494 g/mol. The Labute approximate surface area is 212 Å². The Bertz CT molecular complexity index is 1210. The molecule has 1 aliphatic rings. The summed E-state index contributed by atoms with van der Waals surface area (Å²) >= 11 is 6.36. The van der Waals surface area contributed by atoms with Gasteiger partial charge in [-0.25, -0.2) is 0 Å². The summed E-state index contributed by atoms with van der Waals surface area (Å²) in [7, 11) is 0. The first kappa shape index (κ1) is 25.3. The van der Waals surface area contributed by atoms with Gasteiger partial charge in [-0.3, -0.25) is 9.59 Å². The van der Waals surface area contributed by atoms with E-state index >= 15 is 0 Å². The van der Waals surface area contributed by atoms with Crippen molar-refractivity contribution in [3.8, 4) is 11.1 Å². The molecule has 1 aliphatic heterocycles. The number of benzene rings is 2. The lowest BCUT2D eigenvalue weighted by atomic mass is 9.94. The van der Waals surface area contributed by atoms with Gasteiger partial charge in [0, 0.05) is 41.1 Å². The lowest BCUT2D eigenvalue weighted by molar-refractivity contribution is -0.125. The van der Waals surface area contributed by atoms with Gasteiger partial charge < -0.3 is 20.1 Å². The number of piperidine rings is 1. The van der Waals surface area contributed by atoms with Crippen LogP contribution in [0.3, 0.4) is 0 Å². The quantitative estimate of drug-likeness (QED) is 0.414. The fourth-order valence-electron chi connectivity index (χ4n) is 5.05. The SMILES string of the molecule is CCN(CC)CCCNC(=O)C1CCCN(c2c(-c3ccccc3)c3cc(Cl)ccc3[nH]c2=O)C1. The van der Waals surface area contributed by atoms with Crippen LogP contribution in [0.15, 0.2) is 53.3 Å². The first-order valence-electron chi connectivity index (χ1n) is 12.7. The lowest BCUT2D eigenvalue weighted by Crippen LogP contribution is -2.45. The maximum Gasteiger partial charge on any atom is 0.272 e. The fraction of sp³-hybridized carbons (Fsp3) is 0.429.